The number of carbonyl (C=O) groups excluding carboxylic acids is 1. The van der Waals surface area contributed by atoms with Crippen LogP contribution < -0.4 is 19.5 Å². The van der Waals surface area contributed by atoms with Gasteiger partial charge in [0.15, 0.2) is 11.5 Å². The molecule has 1 atom stereocenters. The Morgan fingerprint density at radius 2 is 1.76 bits per heavy atom. The van der Waals surface area contributed by atoms with Crippen LogP contribution in [0.1, 0.15) is 29.3 Å². The highest BCUT2D eigenvalue weighted by Crippen LogP contribution is 2.27. The van der Waals surface area contributed by atoms with Gasteiger partial charge in [0.05, 0.1) is 37.8 Å². The van der Waals surface area contributed by atoms with E-state index in [9.17, 15) is 13.2 Å². The highest BCUT2D eigenvalue weighted by molar-refractivity contribution is 7.89. The summed E-state index contributed by atoms with van der Waals surface area (Å²) in [6, 6.07) is 14.5. The lowest BCUT2D eigenvalue weighted by molar-refractivity contribution is -0.121. The molecule has 1 aromatic heterocycles. The average molecular weight is 473 g/mol. The van der Waals surface area contributed by atoms with E-state index in [4.69, 9.17) is 13.9 Å². The van der Waals surface area contributed by atoms with Gasteiger partial charge in [-0.2, -0.15) is 4.72 Å². The Hall–Kier alpha value is -3.30. The van der Waals surface area contributed by atoms with Gasteiger partial charge in [-0.3, -0.25) is 4.79 Å². The molecule has 1 amide bonds. The molecule has 176 valence electrons. The van der Waals surface area contributed by atoms with Gasteiger partial charge in [-0.05, 0) is 55.3 Å². The summed E-state index contributed by atoms with van der Waals surface area (Å²) in [5.74, 6) is 1.31. The van der Waals surface area contributed by atoms with Crippen molar-refractivity contribution >= 4 is 15.9 Å². The van der Waals surface area contributed by atoms with Gasteiger partial charge in [0.2, 0.25) is 15.9 Å². The summed E-state index contributed by atoms with van der Waals surface area (Å²) >= 11 is 0. The normalized spacial score (nSPS) is 12.2. The Kier molecular flexibility index (Phi) is 8.13. The van der Waals surface area contributed by atoms with Gasteiger partial charge in [0.1, 0.15) is 5.76 Å². The Balaban J connectivity index is 1.62. The lowest BCUT2D eigenvalue weighted by Gasteiger charge is -2.17. The summed E-state index contributed by atoms with van der Waals surface area (Å²) in [6.07, 6.45) is 1.91. The predicted octanol–water partition coefficient (Wildman–Crippen LogP) is 3.37. The van der Waals surface area contributed by atoms with E-state index in [1.54, 1.807) is 38.5 Å². The molecule has 9 heteroatoms. The first kappa shape index (κ1) is 24.3. The average Bonchev–Trinajstić information content (AvgIpc) is 3.34. The number of furan rings is 1. The number of benzene rings is 2. The summed E-state index contributed by atoms with van der Waals surface area (Å²) in [5.41, 5.74) is 1.92. The van der Waals surface area contributed by atoms with Gasteiger partial charge >= 0.3 is 0 Å². The number of methoxy groups -OCH3 is 2. The molecule has 3 rings (SSSR count). The topological polar surface area (TPSA) is 107 Å². The van der Waals surface area contributed by atoms with Crippen molar-refractivity contribution in [3.05, 3.63) is 77.7 Å². The second-order valence-electron chi connectivity index (χ2n) is 7.50. The van der Waals surface area contributed by atoms with Crippen LogP contribution in [-0.2, 0) is 21.2 Å². The van der Waals surface area contributed by atoms with Gasteiger partial charge in [-0.25, -0.2) is 8.42 Å². The molecule has 0 saturated carbocycles. The fourth-order valence-electron chi connectivity index (χ4n) is 3.30. The third kappa shape index (κ3) is 6.59. The van der Waals surface area contributed by atoms with E-state index >= 15 is 0 Å². The monoisotopic (exact) mass is 472 g/mol. The minimum atomic E-state index is -3.84. The highest BCUT2D eigenvalue weighted by Gasteiger charge is 2.25. The number of hydrogen-bond acceptors (Lipinski definition) is 6. The molecule has 1 heterocycles. The van der Waals surface area contributed by atoms with E-state index in [1.807, 2.05) is 25.1 Å². The van der Waals surface area contributed by atoms with Crippen LogP contribution in [0, 0.1) is 6.92 Å². The lowest BCUT2D eigenvalue weighted by Crippen LogP contribution is -2.34. The maximum atomic E-state index is 12.8. The number of ether oxygens (including phenoxy) is 2. The number of rotatable bonds is 11. The molecule has 0 unspecified atom stereocenters. The van der Waals surface area contributed by atoms with Crippen molar-refractivity contribution in [1.82, 2.24) is 10.0 Å². The quantitative estimate of drug-likeness (QED) is 0.443. The van der Waals surface area contributed by atoms with Crippen LogP contribution >= 0.6 is 0 Å². The number of amides is 1. The fourth-order valence-corrected chi connectivity index (χ4v) is 4.51. The number of nitrogens with one attached hydrogen (secondary N) is 2. The second kappa shape index (κ2) is 11.0. The minimum Gasteiger partial charge on any atom is -0.493 e. The maximum absolute atomic E-state index is 12.8. The van der Waals surface area contributed by atoms with Crippen molar-refractivity contribution in [1.29, 1.82) is 0 Å². The Labute approximate surface area is 194 Å². The Morgan fingerprint density at radius 3 is 2.39 bits per heavy atom. The summed E-state index contributed by atoms with van der Waals surface area (Å²) < 4.78 is 44.2. The van der Waals surface area contributed by atoms with E-state index in [0.29, 0.717) is 30.2 Å². The molecule has 0 saturated heterocycles. The first-order valence-electron chi connectivity index (χ1n) is 10.4. The van der Waals surface area contributed by atoms with Crippen LogP contribution in [-0.4, -0.2) is 35.1 Å². The summed E-state index contributed by atoms with van der Waals surface area (Å²) in [4.78, 5) is 12.7. The molecule has 0 spiro atoms. The molecule has 0 aliphatic heterocycles. The molecule has 2 N–H and O–H groups in total. The van der Waals surface area contributed by atoms with Crippen molar-refractivity contribution in [2.45, 2.75) is 30.7 Å². The minimum absolute atomic E-state index is 0.107. The predicted molar refractivity (Wildman–Crippen MR) is 124 cm³/mol. The van der Waals surface area contributed by atoms with Crippen molar-refractivity contribution in [2.24, 2.45) is 0 Å². The summed E-state index contributed by atoms with van der Waals surface area (Å²) in [7, 11) is -0.706. The van der Waals surface area contributed by atoms with E-state index in [2.05, 4.69) is 10.0 Å². The molecule has 0 fully saturated rings. The molecule has 0 aliphatic rings. The van der Waals surface area contributed by atoms with Gasteiger partial charge in [-0.15, -0.1) is 0 Å². The lowest BCUT2D eigenvalue weighted by atomic mass is 10.1. The molecule has 33 heavy (non-hydrogen) atoms. The molecule has 8 nitrogen and oxygen atoms in total. The third-order valence-electron chi connectivity index (χ3n) is 5.09. The maximum Gasteiger partial charge on any atom is 0.241 e. The van der Waals surface area contributed by atoms with Gasteiger partial charge in [-0.1, -0.05) is 23.8 Å². The van der Waals surface area contributed by atoms with Crippen LogP contribution in [0.4, 0.5) is 0 Å². The summed E-state index contributed by atoms with van der Waals surface area (Å²) in [5, 5.41) is 2.84. The van der Waals surface area contributed by atoms with Crippen molar-refractivity contribution in [3.63, 3.8) is 0 Å². The van der Waals surface area contributed by atoms with Crippen molar-refractivity contribution in [3.8, 4) is 11.5 Å². The van der Waals surface area contributed by atoms with Crippen molar-refractivity contribution in [2.75, 3.05) is 20.8 Å². The zero-order chi connectivity index (χ0) is 23.8. The molecule has 0 radical (unpaired) electrons. The second-order valence-corrected chi connectivity index (χ2v) is 9.21. The molecular weight excluding hydrogens is 444 g/mol. The van der Waals surface area contributed by atoms with Crippen LogP contribution in [0.2, 0.25) is 0 Å². The van der Waals surface area contributed by atoms with Crippen molar-refractivity contribution < 1.29 is 27.1 Å². The SMILES string of the molecule is COc1ccc(CCNC(=O)C[C@@H](NS(=O)(=O)c2ccc(C)cc2)c2ccco2)cc1OC. The molecular formula is C24H28N2O6S. The van der Waals surface area contributed by atoms with Gasteiger partial charge < -0.3 is 19.2 Å². The fraction of sp³-hybridized carbons (Fsp3) is 0.292. The number of hydrogen-bond donors (Lipinski definition) is 2. The van der Waals surface area contributed by atoms with E-state index in [-0.39, 0.29) is 17.2 Å². The van der Waals surface area contributed by atoms with Crippen LogP contribution in [0.25, 0.3) is 0 Å². The zero-order valence-electron chi connectivity index (χ0n) is 18.8. The Morgan fingerprint density at radius 1 is 1.03 bits per heavy atom. The molecule has 2 aromatic carbocycles. The number of aryl methyl sites for hydroxylation is 1. The van der Waals surface area contributed by atoms with Crippen LogP contribution in [0.15, 0.2) is 70.2 Å². The first-order valence-corrected chi connectivity index (χ1v) is 11.9. The van der Waals surface area contributed by atoms with Crippen LogP contribution in [0.3, 0.4) is 0 Å². The van der Waals surface area contributed by atoms with Gasteiger partial charge in [0.25, 0.3) is 0 Å². The zero-order valence-corrected chi connectivity index (χ0v) is 19.6. The molecule has 3 aromatic rings. The highest BCUT2D eigenvalue weighted by atomic mass is 32.2. The van der Waals surface area contributed by atoms with Crippen LogP contribution in [0.5, 0.6) is 11.5 Å². The van der Waals surface area contributed by atoms with E-state index in [1.165, 1.54) is 18.4 Å². The molecule has 0 bridgehead atoms. The number of sulfonamides is 1. The van der Waals surface area contributed by atoms with E-state index < -0.39 is 16.1 Å². The largest absolute Gasteiger partial charge is 0.493 e. The number of carbonyl (C=O) groups is 1. The standard InChI is InChI=1S/C24H28N2O6S/c1-17-6-9-19(10-7-17)33(28,29)26-20(21-5-4-14-32-21)16-24(27)25-13-12-18-8-11-22(30-2)23(15-18)31-3/h4-11,14-15,20,26H,12-13,16H2,1-3H3,(H,25,27)/t20-/m1/s1. The Bertz CT molecular complexity index is 1160. The smallest absolute Gasteiger partial charge is 0.241 e. The van der Waals surface area contributed by atoms with E-state index in [0.717, 1.165) is 11.1 Å². The first-order chi connectivity index (χ1) is 15.8. The van der Waals surface area contributed by atoms with Gasteiger partial charge in [0, 0.05) is 6.54 Å². The third-order valence-corrected chi connectivity index (χ3v) is 6.58. The molecule has 0 aliphatic carbocycles. The summed E-state index contributed by atoms with van der Waals surface area (Å²) in [6.45, 7) is 2.26.